The minimum atomic E-state index is -0.0996. The van der Waals surface area contributed by atoms with Crippen molar-refractivity contribution in [2.75, 3.05) is 0 Å². The van der Waals surface area contributed by atoms with Crippen LogP contribution in [0.1, 0.15) is 15.8 Å². The van der Waals surface area contributed by atoms with Crippen LogP contribution in [0, 0.1) is 0 Å². The molecule has 0 bridgehead atoms. The van der Waals surface area contributed by atoms with Crippen molar-refractivity contribution in [2.24, 2.45) is 0 Å². The molecule has 16 heavy (non-hydrogen) atoms. The van der Waals surface area contributed by atoms with Crippen LogP contribution in [0.25, 0.3) is 0 Å². The highest BCUT2D eigenvalue weighted by Gasteiger charge is 2.13. The summed E-state index contributed by atoms with van der Waals surface area (Å²) in [5.41, 5.74) is 1.00. The van der Waals surface area contributed by atoms with Gasteiger partial charge in [0.2, 0.25) is 0 Å². The summed E-state index contributed by atoms with van der Waals surface area (Å²) in [6, 6.07) is 5.68. The molecule has 0 amide bonds. The molecule has 0 N–H and O–H groups in total. The van der Waals surface area contributed by atoms with Crippen LogP contribution in [0.15, 0.2) is 30.6 Å². The largest absolute Gasteiger partial charge is 0.263 e. The number of thiophene rings is 1. The number of hydrogen-bond acceptors (Lipinski definition) is 2. The van der Waals surface area contributed by atoms with Gasteiger partial charge in [0.25, 0.3) is 0 Å². The van der Waals surface area contributed by atoms with Gasteiger partial charge in [-0.1, -0.05) is 23.2 Å². The maximum absolute atomic E-state index is 6.30. The molecular weight excluding hydrogens is 285 g/mol. The van der Waals surface area contributed by atoms with Crippen LogP contribution in [0.5, 0.6) is 0 Å². The summed E-state index contributed by atoms with van der Waals surface area (Å²) in [7, 11) is 0. The van der Waals surface area contributed by atoms with Crippen LogP contribution in [-0.2, 0) is 6.42 Å². The zero-order chi connectivity index (χ0) is 11.5. The van der Waals surface area contributed by atoms with Crippen LogP contribution in [0.2, 0.25) is 9.36 Å². The quantitative estimate of drug-likeness (QED) is 0.728. The highest BCUT2D eigenvalue weighted by molar-refractivity contribution is 7.16. The van der Waals surface area contributed by atoms with Crippen LogP contribution in [-0.4, -0.2) is 4.98 Å². The zero-order valence-electron chi connectivity index (χ0n) is 8.16. The highest BCUT2D eigenvalue weighted by Crippen LogP contribution is 2.34. The van der Waals surface area contributed by atoms with Gasteiger partial charge < -0.3 is 0 Å². The topological polar surface area (TPSA) is 12.9 Å². The second kappa shape index (κ2) is 5.37. The van der Waals surface area contributed by atoms with E-state index in [9.17, 15) is 0 Å². The Hall–Kier alpha value is -0.280. The Morgan fingerprint density at radius 2 is 2.06 bits per heavy atom. The fourth-order valence-corrected chi connectivity index (χ4v) is 2.97. The smallest absolute Gasteiger partial charge is 0.0931 e. The summed E-state index contributed by atoms with van der Waals surface area (Å²) in [6.07, 6.45) is 4.02. The molecule has 0 saturated heterocycles. The van der Waals surface area contributed by atoms with E-state index in [-0.39, 0.29) is 5.38 Å². The van der Waals surface area contributed by atoms with Crippen molar-refractivity contribution in [3.05, 3.63) is 50.4 Å². The molecule has 2 heterocycles. The van der Waals surface area contributed by atoms with E-state index in [1.807, 2.05) is 18.2 Å². The summed E-state index contributed by atoms with van der Waals surface area (Å²) in [5.74, 6) is 0. The van der Waals surface area contributed by atoms with Gasteiger partial charge in [-0.3, -0.25) is 4.98 Å². The van der Waals surface area contributed by atoms with E-state index < -0.39 is 0 Å². The van der Waals surface area contributed by atoms with Crippen LogP contribution in [0.4, 0.5) is 0 Å². The summed E-state index contributed by atoms with van der Waals surface area (Å²) in [5, 5.41) is 0.549. The summed E-state index contributed by atoms with van der Waals surface area (Å²) >= 11 is 19.7. The van der Waals surface area contributed by atoms with Gasteiger partial charge in [-0.25, -0.2) is 0 Å². The number of nitrogens with zero attached hydrogens (tertiary/aromatic N) is 1. The van der Waals surface area contributed by atoms with Crippen molar-refractivity contribution in [1.82, 2.24) is 4.98 Å². The van der Waals surface area contributed by atoms with Crippen molar-refractivity contribution in [2.45, 2.75) is 11.8 Å². The van der Waals surface area contributed by atoms with Crippen molar-refractivity contribution in [3.8, 4) is 0 Å². The first-order valence-electron chi connectivity index (χ1n) is 4.64. The summed E-state index contributed by atoms with van der Waals surface area (Å²) in [4.78, 5) is 4.99. The predicted molar refractivity (Wildman–Crippen MR) is 70.9 cm³/mol. The fourth-order valence-electron chi connectivity index (χ4n) is 1.36. The van der Waals surface area contributed by atoms with E-state index in [4.69, 9.17) is 34.8 Å². The lowest BCUT2D eigenvalue weighted by molar-refractivity contribution is 0.936. The third-order valence-electron chi connectivity index (χ3n) is 2.16. The van der Waals surface area contributed by atoms with Crippen molar-refractivity contribution in [1.29, 1.82) is 0 Å². The molecule has 1 atom stereocenters. The van der Waals surface area contributed by atoms with Crippen LogP contribution < -0.4 is 0 Å². The van der Waals surface area contributed by atoms with Gasteiger partial charge >= 0.3 is 0 Å². The van der Waals surface area contributed by atoms with Gasteiger partial charge in [-0.2, -0.15) is 0 Å². The van der Waals surface area contributed by atoms with E-state index in [1.165, 1.54) is 11.3 Å². The molecule has 2 aromatic heterocycles. The molecule has 2 rings (SSSR count). The summed E-state index contributed by atoms with van der Waals surface area (Å²) in [6.45, 7) is 0. The van der Waals surface area contributed by atoms with Gasteiger partial charge in [0.15, 0.2) is 0 Å². The molecule has 84 valence electrons. The number of halogens is 3. The number of aromatic nitrogens is 1. The number of hydrogen-bond donors (Lipinski definition) is 0. The Kier molecular flexibility index (Phi) is 4.09. The van der Waals surface area contributed by atoms with Crippen LogP contribution in [0.3, 0.4) is 0 Å². The Labute approximate surface area is 113 Å². The average Bonchev–Trinajstić information content (AvgIpc) is 2.68. The van der Waals surface area contributed by atoms with E-state index in [0.717, 1.165) is 14.8 Å². The second-order valence-electron chi connectivity index (χ2n) is 3.28. The van der Waals surface area contributed by atoms with Gasteiger partial charge in [-0.05, 0) is 30.2 Å². The third-order valence-corrected chi connectivity index (χ3v) is 4.36. The molecule has 0 radical (unpaired) electrons. The number of alkyl halides is 1. The van der Waals surface area contributed by atoms with Gasteiger partial charge in [0, 0.05) is 17.3 Å². The third kappa shape index (κ3) is 2.89. The van der Waals surface area contributed by atoms with Crippen molar-refractivity contribution < 1.29 is 0 Å². The van der Waals surface area contributed by atoms with Crippen LogP contribution >= 0.6 is 46.1 Å². The lowest BCUT2D eigenvalue weighted by Gasteiger charge is -2.08. The Morgan fingerprint density at radius 1 is 1.25 bits per heavy atom. The monoisotopic (exact) mass is 291 g/mol. The first-order valence-corrected chi connectivity index (χ1v) is 6.65. The zero-order valence-corrected chi connectivity index (χ0v) is 11.2. The average molecular weight is 293 g/mol. The molecule has 1 nitrogen and oxygen atoms in total. The molecule has 2 aromatic rings. The maximum atomic E-state index is 6.30. The number of rotatable bonds is 3. The van der Waals surface area contributed by atoms with Crippen molar-refractivity contribution in [3.63, 3.8) is 0 Å². The second-order valence-corrected chi connectivity index (χ2v) is 5.96. The highest BCUT2D eigenvalue weighted by atomic mass is 35.5. The molecule has 0 aromatic carbocycles. The first kappa shape index (κ1) is 12.2. The first-order chi connectivity index (χ1) is 7.66. The van der Waals surface area contributed by atoms with E-state index in [1.54, 1.807) is 12.4 Å². The molecule has 1 unspecified atom stereocenters. The Morgan fingerprint density at radius 3 is 2.69 bits per heavy atom. The minimum Gasteiger partial charge on any atom is -0.263 e. The van der Waals surface area contributed by atoms with E-state index >= 15 is 0 Å². The van der Waals surface area contributed by atoms with E-state index in [0.29, 0.717) is 11.4 Å². The molecule has 0 saturated carbocycles. The number of pyridine rings is 1. The molecule has 5 heteroatoms. The lowest BCUT2D eigenvalue weighted by atomic mass is 10.1. The molecule has 0 aliphatic rings. The SMILES string of the molecule is Clc1ccc(C(Cl)Cc2ccncc2Cl)s1. The normalized spacial score (nSPS) is 12.7. The predicted octanol–water partition coefficient (Wildman–Crippen LogP) is 4.97. The van der Waals surface area contributed by atoms with Crippen molar-refractivity contribution >= 4 is 46.1 Å². The van der Waals surface area contributed by atoms with Gasteiger partial charge in [0.1, 0.15) is 0 Å². The molecule has 0 aliphatic carbocycles. The minimum absolute atomic E-state index is 0.0996. The van der Waals surface area contributed by atoms with E-state index in [2.05, 4.69) is 4.98 Å². The Bertz CT molecular complexity index is 484. The van der Waals surface area contributed by atoms with Gasteiger partial charge in [-0.15, -0.1) is 22.9 Å². The molecule has 0 spiro atoms. The molecule has 0 fully saturated rings. The van der Waals surface area contributed by atoms with Gasteiger partial charge in [0.05, 0.1) is 14.7 Å². The lowest BCUT2D eigenvalue weighted by Crippen LogP contribution is -1.94. The summed E-state index contributed by atoms with van der Waals surface area (Å²) < 4.78 is 0.751. The standard InChI is InChI=1S/C11H8Cl3NS/c12-8(10-1-2-11(14)16-10)5-7-3-4-15-6-9(7)13/h1-4,6,8H,5H2. The fraction of sp³-hybridized carbons (Fsp3) is 0.182. The molecular formula is C11H8Cl3NS. The maximum Gasteiger partial charge on any atom is 0.0931 e. The molecule has 0 aliphatic heterocycles. The Balaban J connectivity index is 2.13.